The summed E-state index contributed by atoms with van der Waals surface area (Å²) in [7, 11) is 0. The summed E-state index contributed by atoms with van der Waals surface area (Å²) in [5.41, 5.74) is 0.191. The Morgan fingerprint density at radius 2 is 2.27 bits per heavy atom. The summed E-state index contributed by atoms with van der Waals surface area (Å²) in [4.78, 5) is 23.4. The molecule has 2 unspecified atom stereocenters. The average molecular weight is 326 g/mol. The number of carboxylic acids is 1. The van der Waals surface area contributed by atoms with Gasteiger partial charge in [-0.05, 0) is 30.5 Å². The fourth-order valence-corrected chi connectivity index (χ4v) is 2.89. The Kier molecular flexibility index (Phi) is 5.42. The number of nitrogens with one attached hydrogen (secondary N) is 1. The molecule has 5 nitrogen and oxygen atoms in total. The van der Waals surface area contributed by atoms with Gasteiger partial charge < -0.3 is 15.2 Å². The Bertz CT molecular complexity index is 555. The fraction of sp³-hybridized carbons (Fsp3) is 0.500. The first-order valence-corrected chi connectivity index (χ1v) is 7.64. The Hall–Kier alpha value is -1.59. The maximum Gasteiger partial charge on any atom is 0.305 e. The molecule has 0 aliphatic carbocycles. The summed E-state index contributed by atoms with van der Waals surface area (Å²) in [6.07, 6.45) is 0.952. The van der Waals surface area contributed by atoms with Gasteiger partial charge in [0, 0.05) is 17.5 Å². The van der Waals surface area contributed by atoms with Crippen molar-refractivity contribution in [2.75, 3.05) is 13.2 Å². The topological polar surface area (TPSA) is 75.6 Å². The van der Waals surface area contributed by atoms with Crippen molar-refractivity contribution in [1.29, 1.82) is 0 Å². The second kappa shape index (κ2) is 7.11. The van der Waals surface area contributed by atoms with Gasteiger partial charge in [0.2, 0.25) is 5.91 Å². The summed E-state index contributed by atoms with van der Waals surface area (Å²) in [6, 6.07) is 7.38. The lowest BCUT2D eigenvalue weighted by molar-refractivity contribution is -0.139. The number of halogens is 1. The van der Waals surface area contributed by atoms with Gasteiger partial charge in [0.05, 0.1) is 18.6 Å². The minimum Gasteiger partial charge on any atom is -0.481 e. The van der Waals surface area contributed by atoms with E-state index in [1.54, 1.807) is 6.07 Å². The lowest BCUT2D eigenvalue weighted by Gasteiger charge is -2.28. The molecule has 2 rings (SSSR count). The van der Waals surface area contributed by atoms with E-state index in [4.69, 9.17) is 21.4 Å². The van der Waals surface area contributed by atoms with Gasteiger partial charge in [0.1, 0.15) is 0 Å². The Labute approximate surface area is 134 Å². The third-order valence-corrected chi connectivity index (χ3v) is 4.09. The van der Waals surface area contributed by atoms with Gasteiger partial charge in [-0.15, -0.1) is 0 Å². The van der Waals surface area contributed by atoms with Crippen LogP contribution in [-0.2, 0) is 20.7 Å². The molecule has 0 spiro atoms. The highest BCUT2D eigenvalue weighted by Crippen LogP contribution is 2.24. The van der Waals surface area contributed by atoms with Crippen LogP contribution in [0.1, 0.15) is 25.3 Å². The molecule has 1 amide bonds. The van der Waals surface area contributed by atoms with Crippen LogP contribution in [0.2, 0.25) is 5.02 Å². The van der Waals surface area contributed by atoms with Crippen LogP contribution in [0.4, 0.5) is 0 Å². The van der Waals surface area contributed by atoms with Crippen LogP contribution in [0.25, 0.3) is 0 Å². The van der Waals surface area contributed by atoms with Crippen LogP contribution in [0.15, 0.2) is 24.3 Å². The van der Waals surface area contributed by atoms with Gasteiger partial charge in [0.15, 0.2) is 0 Å². The highest BCUT2D eigenvalue weighted by atomic mass is 35.5. The molecule has 1 fully saturated rings. The van der Waals surface area contributed by atoms with Crippen molar-refractivity contribution >= 4 is 23.5 Å². The van der Waals surface area contributed by atoms with Gasteiger partial charge in [0.25, 0.3) is 0 Å². The van der Waals surface area contributed by atoms with Gasteiger partial charge in [-0.2, -0.15) is 0 Å². The molecular formula is C16H20ClNO4. The molecule has 0 radical (unpaired) electrons. The first kappa shape index (κ1) is 16.8. The van der Waals surface area contributed by atoms with E-state index in [0.717, 1.165) is 5.56 Å². The Morgan fingerprint density at radius 3 is 2.86 bits per heavy atom. The summed E-state index contributed by atoms with van der Waals surface area (Å²) < 4.78 is 5.28. The molecule has 0 saturated carbocycles. The average Bonchev–Trinajstić information content (AvgIpc) is 2.85. The number of aliphatic carboxylic acids is 1. The third-order valence-electron chi connectivity index (χ3n) is 3.86. The molecule has 2 atom stereocenters. The highest BCUT2D eigenvalue weighted by molar-refractivity contribution is 6.30. The molecule has 0 aromatic heterocycles. The Morgan fingerprint density at radius 1 is 1.50 bits per heavy atom. The van der Waals surface area contributed by atoms with Crippen LogP contribution in [0.5, 0.6) is 0 Å². The second-order valence-corrected chi connectivity index (χ2v) is 6.31. The largest absolute Gasteiger partial charge is 0.481 e. The molecule has 1 aliphatic rings. The van der Waals surface area contributed by atoms with Crippen molar-refractivity contribution in [3.8, 4) is 0 Å². The normalized spacial score (nSPS) is 22.3. The zero-order valence-corrected chi connectivity index (χ0v) is 13.2. The standard InChI is InChI=1S/C16H20ClNO4/c1-11(7-12-3-2-4-13(17)8-12)15(21)18-16(9-14(19)20)5-6-22-10-16/h2-4,8,11H,5-7,9-10H2,1H3,(H,18,21)(H,19,20). The number of carbonyl (C=O) groups is 2. The van der Waals surface area contributed by atoms with Crippen molar-refractivity contribution in [2.45, 2.75) is 31.7 Å². The monoisotopic (exact) mass is 325 g/mol. The minimum absolute atomic E-state index is 0.122. The van der Waals surface area contributed by atoms with Crippen LogP contribution >= 0.6 is 11.6 Å². The van der Waals surface area contributed by atoms with E-state index in [1.165, 1.54) is 0 Å². The summed E-state index contributed by atoms with van der Waals surface area (Å²) in [5, 5.41) is 12.6. The van der Waals surface area contributed by atoms with E-state index in [2.05, 4.69) is 5.32 Å². The van der Waals surface area contributed by atoms with E-state index < -0.39 is 11.5 Å². The van der Waals surface area contributed by atoms with Gasteiger partial charge >= 0.3 is 5.97 Å². The van der Waals surface area contributed by atoms with Crippen LogP contribution < -0.4 is 5.32 Å². The predicted octanol–water partition coefficient (Wildman–Crippen LogP) is 2.27. The van der Waals surface area contributed by atoms with Crippen molar-refractivity contribution in [3.63, 3.8) is 0 Å². The van der Waals surface area contributed by atoms with Gasteiger partial charge in [-0.25, -0.2) is 0 Å². The smallest absolute Gasteiger partial charge is 0.305 e. The van der Waals surface area contributed by atoms with Crippen molar-refractivity contribution < 1.29 is 19.4 Å². The van der Waals surface area contributed by atoms with Crippen molar-refractivity contribution in [1.82, 2.24) is 5.32 Å². The highest BCUT2D eigenvalue weighted by Gasteiger charge is 2.39. The summed E-state index contributed by atoms with van der Waals surface area (Å²) >= 11 is 5.94. The molecule has 1 aromatic carbocycles. The van der Waals surface area contributed by atoms with E-state index in [-0.39, 0.29) is 24.9 Å². The van der Waals surface area contributed by atoms with Crippen LogP contribution in [-0.4, -0.2) is 35.7 Å². The number of rotatable bonds is 6. The molecule has 0 bridgehead atoms. The molecule has 1 aliphatic heterocycles. The van der Waals surface area contributed by atoms with E-state index in [1.807, 2.05) is 25.1 Å². The van der Waals surface area contributed by atoms with Crippen LogP contribution in [0.3, 0.4) is 0 Å². The zero-order chi connectivity index (χ0) is 16.2. The maximum atomic E-state index is 12.4. The molecule has 1 saturated heterocycles. The number of amides is 1. The van der Waals surface area contributed by atoms with Crippen molar-refractivity contribution in [2.24, 2.45) is 5.92 Å². The molecule has 22 heavy (non-hydrogen) atoms. The quantitative estimate of drug-likeness (QED) is 0.841. The summed E-state index contributed by atoms with van der Waals surface area (Å²) in [5.74, 6) is -1.37. The third kappa shape index (κ3) is 4.45. The predicted molar refractivity (Wildman–Crippen MR) is 82.9 cm³/mol. The number of benzene rings is 1. The van der Waals surface area contributed by atoms with E-state index in [0.29, 0.717) is 24.5 Å². The number of ether oxygens (including phenoxy) is 1. The molecule has 2 N–H and O–H groups in total. The maximum absolute atomic E-state index is 12.4. The van der Waals surface area contributed by atoms with Crippen LogP contribution in [0, 0.1) is 5.92 Å². The lowest BCUT2D eigenvalue weighted by Crippen LogP contribution is -2.52. The van der Waals surface area contributed by atoms with Gasteiger partial charge in [-0.1, -0.05) is 30.7 Å². The second-order valence-electron chi connectivity index (χ2n) is 5.88. The first-order chi connectivity index (χ1) is 10.4. The number of carbonyl (C=O) groups excluding carboxylic acids is 1. The lowest BCUT2D eigenvalue weighted by atomic mass is 9.92. The molecule has 1 heterocycles. The zero-order valence-electron chi connectivity index (χ0n) is 12.5. The Balaban J connectivity index is 1.99. The minimum atomic E-state index is -0.937. The summed E-state index contributed by atoms with van der Waals surface area (Å²) in [6.45, 7) is 2.53. The van der Waals surface area contributed by atoms with Crippen molar-refractivity contribution in [3.05, 3.63) is 34.9 Å². The SMILES string of the molecule is CC(Cc1cccc(Cl)c1)C(=O)NC1(CC(=O)O)CCOC1. The molecule has 6 heteroatoms. The fourth-order valence-electron chi connectivity index (χ4n) is 2.67. The molecule has 1 aromatic rings. The number of hydrogen-bond donors (Lipinski definition) is 2. The number of hydrogen-bond acceptors (Lipinski definition) is 3. The number of carboxylic acid groups (broad SMARTS) is 1. The molecule has 120 valence electrons. The van der Waals surface area contributed by atoms with E-state index in [9.17, 15) is 9.59 Å². The van der Waals surface area contributed by atoms with Gasteiger partial charge in [-0.3, -0.25) is 9.59 Å². The van der Waals surface area contributed by atoms with E-state index >= 15 is 0 Å². The molecular weight excluding hydrogens is 306 g/mol. The first-order valence-electron chi connectivity index (χ1n) is 7.26.